The van der Waals surface area contributed by atoms with Gasteiger partial charge in [-0.2, -0.15) is 0 Å². The molecule has 0 spiro atoms. The first-order chi connectivity index (χ1) is 10.8. The normalized spacial score (nSPS) is 16.4. The van der Waals surface area contributed by atoms with E-state index in [1.54, 1.807) is 11.3 Å². The second-order valence-corrected chi connectivity index (χ2v) is 6.73. The molecule has 22 heavy (non-hydrogen) atoms. The Morgan fingerprint density at radius 1 is 1.23 bits per heavy atom. The van der Waals surface area contributed by atoms with Crippen molar-refractivity contribution in [3.8, 4) is 5.13 Å². The molecule has 0 bridgehead atoms. The van der Waals surface area contributed by atoms with Gasteiger partial charge in [0.1, 0.15) is 0 Å². The predicted octanol–water partition coefficient (Wildman–Crippen LogP) is 3.23. The Balaban J connectivity index is 1.65. The molecule has 1 aliphatic rings. The van der Waals surface area contributed by atoms with Gasteiger partial charge in [-0.05, 0) is 36.8 Å². The van der Waals surface area contributed by atoms with Crippen molar-refractivity contribution >= 4 is 21.6 Å². The Hall–Kier alpha value is -1.69. The van der Waals surface area contributed by atoms with Gasteiger partial charge in [0.25, 0.3) is 0 Å². The maximum atomic E-state index is 5.43. The van der Waals surface area contributed by atoms with Crippen LogP contribution in [0.4, 0.5) is 0 Å². The number of nitrogens with zero attached hydrogens (tertiary/aromatic N) is 3. The molecular weight excluding hydrogens is 294 g/mol. The molecule has 0 atom stereocenters. The minimum Gasteiger partial charge on any atom is -0.379 e. The lowest BCUT2D eigenvalue weighted by atomic mass is 10.2. The number of thiazole rings is 1. The first kappa shape index (κ1) is 13.9. The summed E-state index contributed by atoms with van der Waals surface area (Å²) in [6.45, 7) is 6.75. The summed E-state index contributed by atoms with van der Waals surface area (Å²) in [5, 5.41) is 1.05. The summed E-state index contributed by atoms with van der Waals surface area (Å²) in [5.74, 6) is 0. The number of aryl methyl sites for hydroxylation is 1. The number of fused-ring (bicyclic) bond motifs is 1. The number of hydrogen-bond donors (Lipinski definition) is 0. The molecule has 1 aromatic carbocycles. The molecule has 3 aromatic rings. The minimum absolute atomic E-state index is 0.834. The quantitative estimate of drug-likeness (QED) is 0.744. The van der Waals surface area contributed by atoms with E-state index in [4.69, 9.17) is 9.72 Å². The van der Waals surface area contributed by atoms with Crippen molar-refractivity contribution in [1.29, 1.82) is 0 Å². The van der Waals surface area contributed by atoms with Crippen LogP contribution in [0.25, 0.3) is 15.3 Å². The fraction of sp³-hybridized carbons (Fsp3) is 0.353. The summed E-state index contributed by atoms with van der Waals surface area (Å²) in [6, 6.07) is 10.7. The van der Waals surface area contributed by atoms with Crippen LogP contribution in [0.3, 0.4) is 0 Å². The summed E-state index contributed by atoms with van der Waals surface area (Å²) < 4.78 is 8.89. The Bertz CT molecular complexity index is 786. The number of aromatic nitrogens is 2. The lowest BCUT2D eigenvalue weighted by Crippen LogP contribution is -2.36. The van der Waals surface area contributed by atoms with E-state index in [0.29, 0.717) is 0 Å². The molecule has 1 fully saturated rings. The van der Waals surface area contributed by atoms with Crippen molar-refractivity contribution < 1.29 is 4.74 Å². The van der Waals surface area contributed by atoms with Gasteiger partial charge in [0, 0.05) is 31.5 Å². The highest BCUT2D eigenvalue weighted by Gasteiger charge is 2.14. The third-order valence-corrected chi connectivity index (χ3v) is 5.08. The maximum absolute atomic E-state index is 5.43. The van der Waals surface area contributed by atoms with Gasteiger partial charge in [0.15, 0.2) is 5.13 Å². The molecule has 4 nitrogen and oxygen atoms in total. The zero-order valence-electron chi connectivity index (χ0n) is 12.7. The average Bonchev–Trinajstić information content (AvgIpc) is 3.14. The Kier molecular flexibility index (Phi) is 3.70. The first-order valence-electron chi connectivity index (χ1n) is 7.63. The van der Waals surface area contributed by atoms with Crippen molar-refractivity contribution in [1.82, 2.24) is 14.5 Å². The second kappa shape index (κ2) is 5.83. The van der Waals surface area contributed by atoms with Gasteiger partial charge in [-0.1, -0.05) is 17.4 Å². The summed E-state index contributed by atoms with van der Waals surface area (Å²) in [6.07, 6.45) is 2.11. The molecule has 0 amide bonds. The lowest BCUT2D eigenvalue weighted by Gasteiger charge is -2.26. The highest BCUT2D eigenvalue weighted by Crippen LogP contribution is 2.27. The Labute approximate surface area is 134 Å². The summed E-state index contributed by atoms with van der Waals surface area (Å²) in [5.41, 5.74) is 3.65. The van der Waals surface area contributed by atoms with Crippen molar-refractivity contribution in [3.63, 3.8) is 0 Å². The van der Waals surface area contributed by atoms with E-state index in [9.17, 15) is 0 Å². The van der Waals surface area contributed by atoms with Crippen LogP contribution in [0.5, 0.6) is 0 Å². The van der Waals surface area contributed by atoms with Gasteiger partial charge in [-0.3, -0.25) is 9.47 Å². The SMILES string of the molecule is Cc1ccc2nc(-n3cccc3CN3CCOCC3)sc2c1. The maximum Gasteiger partial charge on any atom is 0.194 e. The van der Waals surface area contributed by atoms with Gasteiger partial charge in [0.05, 0.1) is 23.4 Å². The molecule has 0 aliphatic carbocycles. The van der Waals surface area contributed by atoms with E-state index in [-0.39, 0.29) is 0 Å². The second-order valence-electron chi connectivity index (χ2n) is 5.73. The summed E-state index contributed by atoms with van der Waals surface area (Å²) in [7, 11) is 0. The molecule has 4 rings (SSSR count). The largest absolute Gasteiger partial charge is 0.379 e. The molecule has 5 heteroatoms. The molecule has 1 aliphatic heterocycles. The van der Waals surface area contributed by atoms with Crippen LogP contribution >= 0.6 is 11.3 Å². The van der Waals surface area contributed by atoms with E-state index in [0.717, 1.165) is 43.5 Å². The Morgan fingerprint density at radius 3 is 2.95 bits per heavy atom. The monoisotopic (exact) mass is 313 g/mol. The molecule has 0 saturated carbocycles. The van der Waals surface area contributed by atoms with E-state index >= 15 is 0 Å². The van der Waals surface area contributed by atoms with Crippen LogP contribution in [-0.4, -0.2) is 40.8 Å². The Morgan fingerprint density at radius 2 is 2.09 bits per heavy atom. The summed E-state index contributed by atoms with van der Waals surface area (Å²) in [4.78, 5) is 7.23. The molecule has 1 saturated heterocycles. The zero-order valence-corrected chi connectivity index (χ0v) is 13.5. The number of ether oxygens (including phenoxy) is 1. The zero-order chi connectivity index (χ0) is 14.9. The van der Waals surface area contributed by atoms with Crippen LogP contribution in [0.15, 0.2) is 36.5 Å². The van der Waals surface area contributed by atoms with Crippen molar-refractivity contribution in [2.45, 2.75) is 13.5 Å². The first-order valence-corrected chi connectivity index (χ1v) is 8.45. The van der Waals surface area contributed by atoms with Gasteiger partial charge >= 0.3 is 0 Å². The molecule has 2 aromatic heterocycles. The van der Waals surface area contributed by atoms with Crippen molar-refractivity contribution in [2.75, 3.05) is 26.3 Å². The predicted molar refractivity (Wildman–Crippen MR) is 89.8 cm³/mol. The van der Waals surface area contributed by atoms with Crippen LogP contribution in [0.1, 0.15) is 11.3 Å². The third kappa shape index (κ3) is 2.67. The van der Waals surface area contributed by atoms with Crippen LogP contribution in [0, 0.1) is 6.92 Å². The molecule has 114 valence electrons. The number of rotatable bonds is 3. The number of hydrogen-bond acceptors (Lipinski definition) is 4. The molecular formula is C17H19N3OS. The third-order valence-electron chi connectivity index (χ3n) is 4.06. The average molecular weight is 313 g/mol. The topological polar surface area (TPSA) is 30.3 Å². The highest BCUT2D eigenvalue weighted by atomic mass is 32.1. The molecule has 0 radical (unpaired) electrons. The lowest BCUT2D eigenvalue weighted by molar-refractivity contribution is 0.0334. The van der Waals surface area contributed by atoms with Crippen LogP contribution in [-0.2, 0) is 11.3 Å². The number of benzene rings is 1. The van der Waals surface area contributed by atoms with E-state index in [1.165, 1.54) is 16.0 Å². The van der Waals surface area contributed by atoms with Crippen LogP contribution in [0.2, 0.25) is 0 Å². The van der Waals surface area contributed by atoms with Gasteiger partial charge in [-0.25, -0.2) is 4.98 Å². The van der Waals surface area contributed by atoms with Gasteiger partial charge in [-0.15, -0.1) is 0 Å². The molecule has 3 heterocycles. The van der Waals surface area contributed by atoms with E-state index in [1.807, 2.05) is 0 Å². The minimum atomic E-state index is 0.834. The van der Waals surface area contributed by atoms with Gasteiger partial charge in [0.2, 0.25) is 0 Å². The van der Waals surface area contributed by atoms with E-state index < -0.39 is 0 Å². The summed E-state index contributed by atoms with van der Waals surface area (Å²) >= 11 is 1.75. The fourth-order valence-electron chi connectivity index (χ4n) is 2.84. The van der Waals surface area contributed by atoms with Gasteiger partial charge < -0.3 is 4.74 Å². The van der Waals surface area contributed by atoms with Crippen molar-refractivity contribution in [3.05, 3.63) is 47.8 Å². The van der Waals surface area contributed by atoms with Crippen LogP contribution < -0.4 is 0 Å². The fourth-order valence-corrected chi connectivity index (χ4v) is 3.92. The van der Waals surface area contributed by atoms with E-state index in [2.05, 4.69) is 52.9 Å². The molecule has 0 N–H and O–H groups in total. The standard InChI is InChI=1S/C17H19N3OS/c1-13-4-5-15-16(11-13)22-17(18-15)20-6-2-3-14(20)12-19-7-9-21-10-8-19/h2-6,11H,7-10,12H2,1H3. The highest BCUT2D eigenvalue weighted by molar-refractivity contribution is 7.20. The van der Waals surface area contributed by atoms with Crippen molar-refractivity contribution in [2.24, 2.45) is 0 Å². The molecule has 0 unspecified atom stereocenters. The smallest absolute Gasteiger partial charge is 0.194 e. The number of morpholine rings is 1.